The molecule has 1 nitrogen and oxygen atoms in total. The highest BCUT2D eigenvalue weighted by Crippen LogP contribution is 2.38. The molecule has 1 aliphatic carbocycles. The molecule has 1 aliphatic rings. The standard InChI is InChI=1S/C18H20ClN/c1-20-16(11-14-7-3-5-9-18(14)19)12-15-10-13-6-2-4-8-17(13)15/h2-9,15-16,20H,10-12H2,1H3. The summed E-state index contributed by atoms with van der Waals surface area (Å²) in [5, 5.41) is 4.33. The smallest absolute Gasteiger partial charge is 0.0438 e. The Morgan fingerprint density at radius 3 is 2.65 bits per heavy atom. The summed E-state index contributed by atoms with van der Waals surface area (Å²) in [6.07, 6.45) is 3.39. The minimum Gasteiger partial charge on any atom is -0.317 e. The van der Waals surface area contributed by atoms with Gasteiger partial charge < -0.3 is 5.32 Å². The molecule has 0 amide bonds. The molecule has 0 saturated carbocycles. The number of benzene rings is 2. The Labute approximate surface area is 126 Å². The first-order valence-corrected chi connectivity index (χ1v) is 7.64. The van der Waals surface area contributed by atoms with Crippen molar-refractivity contribution in [3.8, 4) is 0 Å². The van der Waals surface area contributed by atoms with Crippen LogP contribution >= 0.6 is 11.6 Å². The zero-order valence-corrected chi connectivity index (χ0v) is 12.5. The van der Waals surface area contributed by atoms with Crippen LogP contribution < -0.4 is 5.32 Å². The monoisotopic (exact) mass is 285 g/mol. The molecule has 0 spiro atoms. The molecule has 3 rings (SSSR count). The third-order valence-corrected chi connectivity index (χ3v) is 4.73. The van der Waals surface area contributed by atoms with Crippen LogP contribution in [0.5, 0.6) is 0 Å². The summed E-state index contributed by atoms with van der Waals surface area (Å²) in [6, 6.07) is 17.4. The minimum atomic E-state index is 0.480. The van der Waals surface area contributed by atoms with E-state index in [2.05, 4.69) is 41.7 Å². The molecule has 0 saturated heterocycles. The Hall–Kier alpha value is -1.31. The Balaban J connectivity index is 1.66. The van der Waals surface area contributed by atoms with Gasteiger partial charge in [0.15, 0.2) is 0 Å². The molecule has 20 heavy (non-hydrogen) atoms. The van der Waals surface area contributed by atoms with E-state index < -0.39 is 0 Å². The molecule has 2 unspecified atom stereocenters. The van der Waals surface area contributed by atoms with Gasteiger partial charge in [-0.05, 0) is 55.0 Å². The predicted octanol–water partition coefficient (Wildman–Crippen LogP) is 4.20. The average Bonchev–Trinajstić information content (AvgIpc) is 2.45. The maximum atomic E-state index is 6.26. The summed E-state index contributed by atoms with van der Waals surface area (Å²) in [7, 11) is 2.05. The molecular formula is C18H20ClN. The molecule has 0 bridgehead atoms. The van der Waals surface area contributed by atoms with Gasteiger partial charge in [0.2, 0.25) is 0 Å². The van der Waals surface area contributed by atoms with Gasteiger partial charge in [-0.1, -0.05) is 54.1 Å². The second-order valence-corrected chi connectivity index (χ2v) is 6.02. The molecule has 104 valence electrons. The number of hydrogen-bond donors (Lipinski definition) is 1. The van der Waals surface area contributed by atoms with Gasteiger partial charge in [-0.2, -0.15) is 0 Å². The number of hydrogen-bond acceptors (Lipinski definition) is 1. The first-order valence-electron chi connectivity index (χ1n) is 7.26. The van der Waals surface area contributed by atoms with Crippen LogP contribution in [0.15, 0.2) is 48.5 Å². The molecule has 0 aromatic heterocycles. The van der Waals surface area contributed by atoms with Crippen LogP contribution in [-0.4, -0.2) is 13.1 Å². The summed E-state index contributed by atoms with van der Waals surface area (Å²) in [5.74, 6) is 0.700. The number of halogens is 1. The molecule has 0 aliphatic heterocycles. The summed E-state index contributed by atoms with van der Waals surface area (Å²) < 4.78 is 0. The van der Waals surface area contributed by atoms with Crippen LogP contribution in [0.1, 0.15) is 29.0 Å². The second kappa shape index (κ2) is 5.99. The lowest BCUT2D eigenvalue weighted by Gasteiger charge is -2.33. The van der Waals surface area contributed by atoms with Crippen LogP contribution in [0.25, 0.3) is 0 Å². The van der Waals surface area contributed by atoms with Crippen molar-refractivity contribution < 1.29 is 0 Å². The Morgan fingerprint density at radius 2 is 1.90 bits per heavy atom. The largest absolute Gasteiger partial charge is 0.317 e. The van der Waals surface area contributed by atoms with E-state index in [0.29, 0.717) is 12.0 Å². The third-order valence-electron chi connectivity index (χ3n) is 4.36. The van der Waals surface area contributed by atoms with Crippen LogP contribution in [0.2, 0.25) is 5.02 Å². The minimum absolute atomic E-state index is 0.480. The highest BCUT2D eigenvalue weighted by Gasteiger charge is 2.27. The van der Waals surface area contributed by atoms with E-state index in [1.807, 2.05) is 19.2 Å². The first-order chi connectivity index (χ1) is 9.78. The third kappa shape index (κ3) is 2.74. The van der Waals surface area contributed by atoms with Crippen molar-refractivity contribution in [1.29, 1.82) is 0 Å². The Morgan fingerprint density at radius 1 is 1.15 bits per heavy atom. The van der Waals surface area contributed by atoms with E-state index >= 15 is 0 Å². The van der Waals surface area contributed by atoms with Gasteiger partial charge in [-0.3, -0.25) is 0 Å². The van der Waals surface area contributed by atoms with E-state index in [4.69, 9.17) is 11.6 Å². The van der Waals surface area contributed by atoms with Crippen molar-refractivity contribution in [1.82, 2.24) is 5.32 Å². The van der Waals surface area contributed by atoms with E-state index in [9.17, 15) is 0 Å². The number of nitrogens with one attached hydrogen (secondary N) is 1. The van der Waals surface area contributed by atoms with Gasteiger partial charge in [0, 0.05) is 11.1 Å². The quantitative estimate of drug-likeness (QED) is 0.868. The zero-order valence-electron chi connectivity index (χ0n) is 11.8. The van der Waals surface area contributed by atoms with Gasteiger partial charge >= 0.3 is 0 Å². The van der Waals surface area contributed by atoms with Gasteiger partial charge in [0.05, 0.1) is 0 Å². The lowest BCUT2D eigenvalue weighted by atomic mass is 9.74. The Bertz CT molecular complexity index is 593. The maximum absolute atomic E-state index is 6.26. The predicted molar refractivity (Wildman–Crippen MR) is 85.5 cm³/mol. The molecule has 2 aromatic carbocycles. The summed E-state index contributed by atoms with van der Waals surface area (Å²) in [6.45, 7) is 0. The molecule has 2 atom stereocenters. The normalized spacial score (nSPS) is 18.2. The fraction of sp³-hybridized carbons (Fsp3) is 0.333. The van der Waals surface area contributed by atoms with Crippen molar-refractivity contribution in [2.45, 2.75) is 31.2 Å². The number of fused-ring (bicyclic) bond motifs is 1. The van der Waals surface area contributed by atoms with Crippen molar-refractivity contribution in [3.63, 3.8) is 0 Å². The summed E-state index contributed by atoms with van der Waals surface area (Å²) in [4.78, 5) is 0. The second-order valence-electron chi connectivity index (χ2n) is 5.62. The van der Waals surface area contributed by atoms with Crippen molar-refractivity contribution in [3.05, 3.63) is 70.2 Å². The van der Waals surface area contributed by atoms with Crippen LogP contribution in [0.4, 0.5) is 0 Å². The fourth-order valence-electron chi connectivity index (χ4n) is 3.15. The molecule has 0 heterocycles. The molecule has 2 aromatic rings. The lowest BCUT2D eigenvalue weighted by Crippen LogP contribution is -2.32. The van der Waals surface area contributed by atoms with Crippen LogP contribution in [0.3, 0.4) is 0 Å². The average molecular weight is 286 g/mol. The van der Waals surface area contributed by atoms with Gasteiger partial charge in [0.1, 0.15) is 0 Å². The van der Waals surface area contributed by atoms with E-state index in [1.54, 1.807) is 0 Å². The summed E-state index contributed by atoms with van der Waals surface area (Å²) in [5.41, 5.74) is 4.29. The van der Waals surface area contributed by atoms with Gasteiger partial charge in [-0.25, -0.2) is 0 Å². The number of likely N-dealkylation sites (N-methyl/N-ethyl adjacent to an activating group) is 1. The molecular weight excluding hydrogens is 266 g/mol. The summed E-state index contributed by atoms with van der Waals surface area (Å²) >= 11 is 6.26. The molecule has 2 heteroatoms. The van der Waals surface area contributed by atoms with Gasteiger partial charge in [-0.15, -0.1) is 0 Å². The highest BCUT2D eigenvalue weighted by molar-refractivity contribution is 6.31. The van der Waals surface area contributed by atoms with Crippen molar-refractivity contribution in [2.24, 2.45) is 0 Å². The molecule has 0 radical (unpaired) electrons. The molecule has 1 N–H and O–H groups in total. The fourth-order valence-corrected chi connectivity index (χ4v) is 3.36. The van der Waals surface area contributed by atoms with Crippen molar-refractivity contribution in [2.75, 3.05) is 7.05 Å². The lowest BCUT2D eigenvalue weighted by molar-refractivity contribution is 0.438. The topological polar surface area (TPSA) is 12.0 Å². The van der Waals surface area contributed by atoms with E-state index in [0.717, 1.165) is 11.4 Å². The number of rotatable bonds is 5. The molecule has 0 fully saturated rings. The first kappa shape index (κ1) is 13.7. The highest BCUT2D eigenvalue weighted by atomic mass is 35.5. The maximum Gasteiger partial charge on any atom is 0.0438 e. The van der Waals surface area contributed by atoms with Gasteiger partial charge in [0.25, 0.3) is 0 Å². The van der Waals surface area contributed by atoms with Crippen LogP contribution in [0, 0.1) is 0 Å². The van der Waals surface area contributed by atoms with E-state index in [-0.39, 0.29) is 0 Å². The Kier molecular flexibility index (Phi) is 4.09. The zero-order chi connectivity index (χ0) is 13.9. The SMILES string of the molecule is CNC(Cc1ccccc1Cl)CC1Cc2ccccc21. The van der Waals surface area contributed by atoms with E-state index in [1.165, 1.54) is 29.5 Å². The van der Waals surface area contributed by atoms with Crippen LogP contribution in [-0.2, 0) is 12.8 Å². The van der Waals surface area contributed by atoms with Crippen molar-refractivity contribution >= 4 is 11.6 Å².